The van der Waals surface area contributed by atoms with Crippen LogP contribution in [0.15, 0.2) is 24.3 Å². The minimum atomic E-state index is 0.00652. The van der Waals surface area contributed by atoms with E-state index in [-0.39, 0.29) is 6.04 Å². The van der Waals surface area contributed by atoms with Crippen molar-refractivity contribution in [1.82, 2.24) is 9.36 Å². The second-order valence-electron chi connectivity index (χ2n) is 5.46. The fourth-order valence-electron chi connectivity index (χ4n) is 2.19. The molecule has 1 aromatic heterocycles. The summed E-state index contributed by atoms with van der Waals surface area (Å²) in [5, 5.41) is 0.949. The molecule has 2 aromatic rings. The summed E-state index contributed by atoms with van der Waals surface area (Å²) in [6.45, 7) is 2.85. The lowest BCUT2D eigenvalue weighted by Crippen LogP contribution is -2.10. The summed E-state index contributed by atoms with van der Waals surface area (Å²) >= 11 is 1.43. The monoisotopic (exact) mass is 304 g/mol. The van der Waals surface area contributed by atoms with E-state index in [1.807, 2.05) is 0 Å². The number of unbranched alkanes of at least 4 members (excludes halogenated alkanes) is 2. The van der Waals surface area contributed by atoms with Gasteiger partial charge in [-0.3, -0.25) is 0 Å². The van der Waals surface area contributed by atoms with E-state index in [0.717, 1.165) is 49.5 Å². The molecule has 0 radical (unpaired) electrons. The Balaban J connectivity index is 1.87. The van der Waals surface area contributed by atoms with Gasteiger partial charge in [-0.1, -0.05) is 42.7 Å². The molecule has 0 amide bonds. The van der Waals surface area contributed by atoms with Crippen molar-refractivity contribution in [3.63, 3.8) is 0 Å². The number of aryl methyl sites for hydroxylation is 1. The molecule has 0 saturated heterocycles. The Kier molecular flexibility index (Phi) is 6.29. The average molecular weight is 304 g/mol. The van der Waals surface area contributed by atoms with Crippen LogP contribution in [0.25, 0.3) is 0 Å². The van der Waals surface area contributed by atoms with Gasteiger partial charge in [-0.2, -0.15) is 4.37 Å². The lowest BCUT2D eigenvalue weighted by atomic mass is 10.1. The third-order valence-corrected chi connectivity index (χ3v) is 4.39. The molecule has 1 unspecified atom stereocenters. The van der Waals surface area contributed by atoms with Crippen molar-refractivity contribution in [3.8, 4) is 0 Å². The zero-order valence-corrected chi connectivity index (χ0v) is 13.4. The highest BCUT2D eigenvalue weighted by atomic mass is 32.1. The maximum Gasteiger partial charge on any atom is 0.147 e. The van der Waals surface area contributed by atoms with E-state index in [9.17, 15) is 0 Å². The minimum absolute atomic E-state index is 0.00652. The number of nitrogens with zero attached hydrogens (tertiary/aromatic N) is 2. The molecule has 21 heavy (non-hydrogen) atoms. The van der Waals surface area contributed by atoms with Crippen molar-refractivity contribution in [3.05, 3.63) is 46.2 Å². The van der Waals surface area contributed by atoms with Crippen LogP contribution < -0.4 is 11.5 Å². The van der Waals surface area contributed by atoms with Crippen molar-refractivity contribution >= 4 is 11.5 Å². The first-order valence-electron chi connectivity index (χ1n) is 7.52. The molecular weight excluding hydrogens is 280 g/mol. The van der Waals surface area contributed by atoms with Crippen LogP contribution in [-0.2, 0) is 6.42 Å². The quantitative estimate of drug-likeness (QED) is 0.735. The third kappa shape index (κ3) is 5.19. The number of nitrogens with two attached hydrogens (primary N) is 2. The summed E-state index contributed by atoms with van der Waals surface area (Å²) < 4.78 is 4.43. The number of rotatable bonds is 8. The van der Waals surface area contributed by atoms with Gasteiger partial charge in [-0.25, -0.2) is 4.98 Å². The van der Waals surface area contributed by atoms with Crippen LogP contribution in [0.1, 0.15) is 53.7 Å². The lowest BCUT2D eigenvalue weighted by molar-refractivity contribution is 0.570. The van der Waals surface area contributed by atoms with Gasteiger partial charge >= 0.3 is 0 Å². The Morgan fingerprint density at radius 1 is 1.14 bits per heavy atom. The maximum atomic E-state index is 6.18. The van der Waals surface area contributed by atoms with Crippen molar-refractivity contribution in [1.29, 1.82) is 0 Å². The molecule has 1 atom stereocenters. The molecule has 0 aliphatic heterocycles. The van der Waals surface area contributed by atoms with Gasteiger partial charge in [0.1, 0.15) is 10.8 Å². The zero-order valence-electron chi connectivity index (χ0n) is 12.6. The Morgan fingerprint density at radius 2 is 1.90 bits per heavy atom. The molecule has 0 spiro atoms. The van der Waals surface area contributed by atoms with Crippen molar-refractivity contribution in [2.24, 2.45) is 11.5 Å². The molecule has 0 saturated carbocycles. The van der Waals surface area contributed by atoms with Gasteiger partial charge in [-0.05, 0) is 43.4 Å². The lowest BCUT2D eigenvalue weighted by Gasteiger charge is -2.06. The second-order valence-corrected chi connectivity index (χ2v) is 6.24. The van der Waals surface area contributed by atoms with Crippen molar-refractivity contribution in [2.45, 2.75) is 45.1 Å². The van der Waals surface area contributed by atoms with Gasteiger partial charge in [0.25, 0.3) is 0 Å². The van der Waals surface area contributed by atoms with E-state index in [2.05, 4.69) is 40.5 Å². The summed E-state index contributed by atoms with van der Waals surface area (Å²) in [6, 6.07) is 8.50. The van der Waals surface area contributed by atoms with E-state index in [0.29, 0.717) is 0 Å². The molecule has 1 heterocycles. The summed E-state index contributed by atoms with van der Waals surface area (Å²) in [4.78, 5) is 4.58. The Labute approximate surface area is 130 Å². The molecule has 4 N–H and O–H groups in total. The molecule has 4 nitrogen and oxygen atoms in total. The smallest absolute Gasteiger partial charge is 0.147 e. The first kappa shape index (κ1) is 16.1. The highest BCUT2D eigenvalue weighted by Gasteiger charge is 2.12. The van der Waals surface area contributed by atoms with Crippen molar-refractivity contribution < 1.29 is 0 Å². The summed E-state index contributed by atoms with van der Waals surface area (Å²) in [5.74, 6) is 0.872. The summed E-state index contributed by atoms with van der Waals surface area (Å²) in [5.41, 5.74) is 14.2. The van der Waals surface area contributed by atoms with Gasteiger partial charge in [0.05, 0.1) is 6.04 Å². The van der Waals surface area contributed by atoms with E-state index >= 15 is 0 Å². The van der Waals surface area contributed by atoms with Crippen LogP contribution in [-0.4, -0.2) is 15.9 Å². The van der Waals surface area contributed by atoms with Gasteiger partial charge in [0.2, 0.25) is 0 Å². The highest BCUT2D eigenvalue weighted by Crippen LogP contribution is 2.20. The SMILES string of the molecule is Cc1ccc(Cc2nsc(C(N)CCCCCN)n2)cc1. The predicted molar refractivity (Wildman–Crippen MR) is 88.3 cm³/mol. The molecule has 0 fully saturated rings. The molecular formula is C16H24N4S. The number of hydrogen-bond donors (Lipinski definition) is 2. The van der Waals surface area contributed by atoms with Gasteiger partial charge in [0.15, 0.2) is 0 Å². The van der Waals surface area contributed by atoms with E-state index in [4.69, 9.17) is 11.5 Å². The van der Waals surface area contributed by atoms with E-state index in [1.165, 1.54) is 22.7 Å². The Hall–Kier alpha value is -1.30. The number of benzene rings is 1. The molecule has 2 rings (SSSR count). The molecule has 5 heteroatoms. The van der Waals surface area contributed by atoms with Crippen LogP contribution >= 0.6 is 11.5 Å². The topological polar surface area (TPSA) is 77.8 Å². The molecule has 114 valence electrons. The number of hydrogen-bond acceptors (Lipinski definition) is 5. The van der Waals surface area contributed by atoms with Gasteiger partial charge < -0.3 is 11.5 Å². The van der Waals surface area contributed by atoms with Crippen LogP contribution in [0.5, 0.6) is 0 Å². The molecule has 1 aromatic carbocycles. The highest BCUT2D eigenvalue weighted by molar-refractivity contribution is 7.05. The van der Waals surface area contributed by atoms with Crippen LogP contribution in [0.3, 0.4) is 0 Å². The standard InChI is InChI=1S/C16H24N4S/c1-12-6-8-13(9-7-12)11-15-19-16(21-20-15)14(18)5-3-2-4-10-17/h6-9,14H,2-5,10-11,17-18H2,1H3. The van der Waals surface area contributed by atoms with Gasteiger partial charge in [-0.15, -0.1) is 0 Å². The Bertz CT molecular complexity index is 535. The third-order valence-electron chi connectivity index (χ3n) is 3.50. The van der Waals surface area contributed by atoms with Crippen LogP contribution in [0.4, 0.5) is 0 Å². The fourth-order valence-corrected chi connectivity index (χ4v) is 2.89. The van der Waals surface area contributed by atoms with Gasteiger partial charge in [0, 0.05) is 6.42 Å². The normalized spacial score (nSPS) is 12.5. The molecule has 0 aliphatic rings. The fraction of sp³-hybridized carbons (Fsp3) is 0.500. The predicted octanol–water partition coefficient (Wildman–Crippen LogP) is 2.96. The molecule has 0 bridgehead atoms. The summed E-state index contributed by atoms with van der Waals surface area (Å²) in [7, 11) is 0. The van der Waals surface area contributed by atoms with Crippen LogP contribution in [0, 0.1) is 6.92 Å². The second kappa shape index (κ2) is 8.22. The summed E-state index contributed by atoms with van der Waals surface area (Å²) in [6.07, 6.45) is 5.04. The Morgan fingerprint density at radius 3 is 2.62 bits per heavy atom. The largest absolute Gasteiger partial charge is 0.330 e. The number of aromatic nitrogens is 2. The zero-order chi connectivity index (χ0) is 15.1. The maximum absolute atomic E-state index is 6.18. The van der Waals surface area contributed by atoms with E-state index < -0.39 is 0 Å². The van der Waals surface area contributed by atoms with E-state index in [1.54, 1.807) is 0 Å². The first-order chi connectivity index (χ1) is 10.2. The van der Waals surface area contributed by atoms with Crippen LogP contribution in [0.2, 0.25) is 0 Å². The minimum Gasteiger partial charge on any atom is -0.330 e. The first-order valence-corrected chi connectivity index (χ1v) is 8.30. The van der Waals surface area contributed by atoms with Crippen molar-refractivity contribution in [2.75, 3.05) is 6.54 Å². The average Bonchev–Trinajstić information content (AvgIpc) is 2.94. The molecule has 0 aliphatic carbocycles.